The molecule has 0 unspecified atom stereocenters. The van der Waals surface area contributed by atoms with E-state index in [2.05, 4.69) is 34.0 Å². The highest BCUT2D eigenvalue weighted by atomic mass is 19.4. The Bertz CT molecular complexity index is 602. The van der Waals surface area contributed by atoms with E-state index in [1.807, 2.05) is 6.92 Å². The largest absolute Gasteiger partial charge is 0.468 e. The standard InChI is InChI=1S/C17H25F3N4O/c1-4-21-15(24-9-7-16(2,3)11-24)23-10-13-6-5-8-22-14(13)25-12-17(18,19)20/h5-6,8H,4,7,9-12H2,1-3H3,(H,21,23). The van der Waals surface area contributed by atoms with Crippen LogP contribution in [0, 0.1) is 5.41 Å². The first-order chi connectivity index (χ1) is 11.7. The Hall–Kier alpha value is -1.99. The van der Waals surface area contributed by atoms with Crippen LogP contribution in [0.1, 0.15) is 32.8 Å². The summed E-state index contributed by atoms with van der Waals surface area (Å²) in [6.45, 7) is 7.77. The normalized spacial score (nSPS) is 17.7. The molecule has 2 heterocycles. The molecule has 1 fully saturated rings. The van der Waals surface area contributed by atoms with Gasteiger partial charge in [0.15, 0.2) is 12.6 Å². The van der Waals surface area contributed by atoms with E-state index in [0.717, 1.165) is 32.0 Å². The summed E-state index contributed by atoms with van der Waals surface area (Å²) in [4.78, 5) is 10.6. The molecule has 8 heteroatoms. The molecule has 5 nitrogen and oxygen atoms in total. The molecule has 0 bridgehead atoms. The van der Waals surface area contributed by atoms with Crippen LogP contribution in [0.2, 0.25) is 0 Å². The number of alkyl halides is 3. The van der Waals surface area contributed by atoms with E-state index in [0.29, 0.717) is 5.56 Å². The number of hydrogen-bond acceptors (Lipinski definition) is 3. The first-order valence-electron chi connectivity index (χ1n) is 8.37. The highest BCUT2D eigenvalue weighted by molar-refractivity contribution is 5.80. The topological polar surface area (TPSA) is 49.8 Å². The molecule has 1 saturated heterocycles. The van der Waals surface area contributed by atoms with E-state index < -0.39 is 12.8 Å². The molecule has 1 aliphatic heterocycles. The number of guanidine groups is 1. The van der Waals surface area contributed by atoms with Gasteiger partial charge in [0.1, 0.15) is 0 Å². The number of aliphatic imine (C=N–C) groups is 1. The molecule has 140 valence electrons. The summed E-state index contributed by atoms with van der Waals surface area (Å²) in [7, 11) is 0. The van der Waals surface area contributed by atoms with Crippen LogP contribution in [0.15, 0.2) is 23.3 Å². The summed E-state index contributed by atoms with van der Waals surface area (Å²) < 4.78 is 41.9. The van der Waals surface area contributed by atoms with Crippen LogP contribution < -0.4 is 10.1 Å². The van der Waals surface area contributed by atoms with Crippen molar-refractivity contribution in [3.63, 3.8) is 0 Å². The van der Waals surface area contributed by atoms with Crippen LogP contribution in [-0.2, 0) is 6.54 Å². The average Bonchev–Trinajstić information content (AvgIpc) is 2.89. The fourth-order valence-corrected chi connectivity index (χ4v) is 2.70. The molecule has 0 radical (unpaired) electrons. The molecule has 0 aliphatic carbocycles. The van der Waals surface area contributed by atoms with Crippen LogP contribution in [0.5, 0.6) is 5.88 Å². The Labute approximate surface area is 146 Å². The molecular weight excluding hydrogens is 333 g/mol. The number of aromatic nitrogens is 1. The Morgan fingerprint density at radius 3 is 2.80 bits per heavy atom. The molecule has 2 rings (SSSR count). The van der Waals surface area contributed by atoms with Gasteiger partial charge in [-0.1, -0.05) is 19.9 Å². The highest BCUT2D eigenvalue weighted by Gasteiger charge is 2.31. The van der Waals surface area contributed by atoms with Gasteiger partial charge in [-0.2, -0.15) is 13.2 Å². The Kier molecular flexibility index (Phi) is 6.13. The maximum Gasteiger partial charge on any atom is 0.422 e. The van der Waals surface area contributed by atoms with Gasteiger partial charge in [-0.3, -0.25) is 0 Å². The maximum atomic E-state index is 12.4. The number of halogens is 3. The van der Waals surface area contributed by atoms with Crippen molar-refractivity contribution in [1.82, 2.24) is 15.2 Å². The zero-order valence-electron chi connectivity index (χ0n) is 14.9. The predicted molar refractivity (Wildman–Crippen MR) is 90.6 cm³/mol. The number of nitrogens with one attached hydrogen (secondary N) is 1. The van der Waals surface area contributed by atoms with Gasteiger partial charge in [0.2, 0.25) is 5.88 Å². The smallest absolute Gasteiger partial charge is 0.422 e. The van der Waals surface area contributed by atoms with E-state index in [-0.39, 0.29) is 17.8 Å². The molecule has 0 spiro atoms. The van der Waals surface area contributed by atoms with Crippen LogP contribution in [-0.4, -0.2) is 48.3 Å². The van der Waals surface area contributed by atoms with Crippen LogP contribution in [0.3, 0.4) is 0 Å². The molecule has 0 aromatic carbocycles. The summed E-state index contributed by atoms with van der Waals surface area (Å²) in [5.41, 5.74) is 0.756. The van der Waals surface area contributed by atoms with Gasteiger partial charge in [-0.05, 0) is 24.8 Å². The van der Waals surface area contributed by atoms with Crippen molar-refractivity contribution in [3.05, 3.63) is 23.9 Å². The average molecular weight is 358 g/mol. The molecule has 25 heavy (non-hydrogen) atoms. The lowest BCUT2D eigenvalue weighted by Crippen LogP contribution is -2.40. The SMILES string of the molecule is CCNC(=NCc1cccnc1OCC(F)(F)F)N1CCC(C)(C)C1. The van der Waals surface area contributed by atoms with E-state index in [1.54, 1.807) is 12.1 Å². The maximum absolute atomic E-state index is 12.4. The Morgan fingerprint density at radius 2 is 2.20 bits per heavy atom. The van der Waals surface area contributed by atoms with Gasteiger partial charge in [0.05, 0.1) is 6.54 Å². The van der Waals surface area contributed by atoms with Crippen molar-refractivity contribution < 1.29 is 17.9 Å². The summed E-state index contributed by atoms with van der Waals surface area (Å²) >= 11 is 0. The van der Waals surface area contributed by atoms with Crippen molar-refractivity contribution in [2.45, 2.75) is 39.9 Å². The van der Waals surface area contributed by atoms with Gasteiger partial charge in [-0.15, -0.1) is 0 Å². The molecule has 0 amide bonds. The zero-order chi connectivity index (χ0) is 18.5. The van der Waals surface area contributed by atoms with Crippen LogP contribution >= 0.6 is 0 Å². The third-order valence-electron chi connectivity index (χ3n) is 3.93. The number of ether oxygens (including phenoxy) is 1. The van der Waals surface area contributed by atoms with Gasteiger partial charge >= 0.3 is 6.18 Å². The number of hydrogen-bond donors (Lipinski definition) is 1. The van der Waals surface area contributed by atoms with Crippen LogP contribution in [0.4, 0.5) is 13.2 Å². The third kappa shape index (κ3) is 6.10. The highest BCUT2D eigenvalue weighted by Crippen LogP contribution is 2.29. The van der Waals surface area contributed by atoms with Crippen molar-refractivity contribution in [2.24, 2.45) is 10.4 Å². The molecule has 1 aromatic heterocycles. The number of likely N-dealkylation sites (tertiary alicyclic amines) is 1. The second-order valence-electron chi connectivity index (χ2n) is 6.88. The lowest BCUT2D eigenvalue weighted by Gasteiger charge is -2.23. The van der Waals surface area contributed by atoms with Crippen LogP contribution in [0.25, 0.3) is 0 Å². The predicted octanol–water partition coefficient (Wildman–Crippen LogP) is 3.22. The van der Waals surface area contributed by atoms with E-state index in [9.17, 15) is 13.2 Å². The van der Waals surface area contributed by atoms with Gasteiger partial charge < -0.3 is 15.0 Å². The van der Waals surface area contributed by atoms with Gasteiger partial charge in [-0.25, -0.2) is 9.98 Å². The summed E-state index contributed by atoms with van der Waals surface area (Å²) in [5.74, 6) is 0.736. The minimum absolute atomic E-state index is 0.0267. The Balaban J connectivity index is 2.10. The molecule has 1 N–H and O–H groups in total. The van der Waals surface area contributed by atoms with E-state index in [1.165, 1.54) is 6.20 Å². The minimum atomic E-state index is -4.39. The zero-order valence-corrected chi connectivity index (χ0v) is 14.9. The second-order valence-corrected chi connectivity index (χ2v) is 6.88. The quantitative estimate of drug-likeness (QED) is 0.649. The summed E-state index contributed by atoms with van der Waals surface area (Å²) in [5, 5.41) is 3.24. The molecule has 1 aromatic rings. The molecular formula is C17H25F3N4O. The van der Waals surface area contributed by atoms with Gasteiger partial charge in [0, 0.05) is 31.4 Å². The first-order valence-corrected chi connectivity index (χ1v) is 8.37. The van der Waals surface area contributed by atoms with E-state index >= 15 is 0 Å². The molecule has 1 aliphatic rings. The fraction of sp³-hybridized carbons (Fsp3) is 0.647. The minimum Gasteiger partial charge on any atom is -0.468 e. The summed E-state index contributed by atoms with van der Waals surface area (Å²) in [6, 6.07) is 3.34. The van der Waals surface area contributed by atoms with Crippen molar-refractivity contribution in [1.29, 1.82) is 0 Å². The Morgan fingerprint density at radius 1 is 1.44 bits per heavy atom. The number of nitrogens with zero attached hydrogens (tertiary/aromatic N) is 3. The van der Waals surface area contributed by atoms with Gasteiger partial charge in [0.25, 0.3) is 0 Å². The lowest BCUT2D eigenvalue weighted by molar-refractivity contribution is -0.154. The lowest BCUT2D eigenvalue weighted by atomic mass is 9.93. The first kappa shape index (κ1) is 19.3. The van der Waals surface area contributed by atoms with Crippen molar-refractivity contribution in [3.8, 4) is 5.88 Å². The fourth-order valence-electron chi connectivity index (χ4n) is 2.70. The second kappa shape index (κ2) is 7.93. The summed E-state index contributed by atoms with van der Waals surface area (Å²) in [6.07, 6.45) is -1.91. The molecule has 0 atom stereocenters. The van der Waals surface area contributed by atoms with E-state index in [4.69, 9.17) is 4.74 Å². The number of rotatable bonds is 5. The van der Waals surface area contributed by atoms with Crippen molar-refractivity contribution in [2.75, 3.05) is 26.2 Å². The third-order valence-corrected chi connectivity index (χ3v) is 3.93. The molecule has 0 saturated carbocycles. The monoisotopic (exact) mass is 358 g/mol. The number of pyridine rings is 1. The van der Waals surface area contributed by atoms with Crippen molar-refractivity contribution >= 4 is 5.96 Å².